The van der Waals surface area contributed by atoms with Crippen LogP contribution in [0.1, 0.15) is 19.3 Å². The van der Waals surface area contributed by atoms with Crippen LogP contribution >= 0.6 is 22.6 Å². The highest BCUT2D eigenvalue weighted by atomic mass is 127. The maximum Gasteiger partial charge on any atom is 0.319 e. The second kappa shape index (κ2) is 6.38. The Balaban J connectivity index is 1.88. The van der Waals surface area contributed by atoms with Crippen molar-refractivity contribution in [1.29, 1.82) is 0 Å². The Hall–Kier alpha value is -1.38. The smallest absolute Gasteiger partial charge is 0.319 e. The van der Waals surface area contributed by atoms with Crippen LogP contribution in [0, 0.1) is 15.3 Å². The highest BCUT2D eigenvalue weighted by Crippen LogP contribution is 2.26. The molecule has 1 aromatic rings. The number of urea groups is 1. The second-order valence-corrected chi connectivity index (χ2v) is 5.93. The highest BCUT2D eigenvalue weighted by Gasteiger charge is 2.30. The average Bonchev–Trinajstić information content (AvgIpc) is 2.81. The number of carbonyl (C=O) groups excluding carboxylic acids is 1. The van der Waals surface area contributed by atoms with Crippen LogP contribution in [0.15, 0.2) is 18.2 Å². The third kappa shape index (κ3) is 3.81. The molecular weight excluding hydrogens is 378 g/mol. The summed E-state index contributed by atoms with van der Waals surface area (Å²) < 4.78 is 13.5. The van der Waals surface area contributed by atoms with E-state index in [1.807, 2.05) is 22.6 Å². The van der Waals surface area contributed by atoms with E-state index in [0.29, 0.717) is 28.5 Å². The Morgan fingerprint density at radius 1 is 1.35 bits per heavy atom. The molecule has 0 spiro atoms. The molecule has 0 aromatic heterocycles. The minimum absolute atomic E-state index is 0.130. The van der Waals surface area contributed by atoms with Gasteiger partial charge < -0.3 is 15.7 Å². The Morgan fingerprint density at radius 2 is 2.10 bits per heavy atom. The first-order valence-electron chi connectivity index (χ1n) is 6.21. The third-order valence-electron chi connectivity index (χ3n) is 3.30. The van der Waals surface area contributed by atoms with Gasteiger partial charge in [-0.2, -0.15) is 0 Å². The third-order valence-corrected chi connectivity index (χ3v) is 4.19. The van der Waals surface area contributed by atoms with Crippen LogP contribution in [0.25, 0.3) is 0 Å². The quantitative estimate of drug-likeness (QED) is 0.693. The summed E-state index contributed by atoms with van der Waals surface area (Å²) in [5, 5.41) is 14.3. The summed E-state index contributed by atoms with van der Waals surface area (Å²) in [7, 11) is 0. The molecule has 2 unspecified atom stereocenters. The van der Waals surface area contributed by atoms with E-state index in [1.165, 1.54) is 18.2 Å². The van der Waals surface area contributed by atoms with E-state index in [9.17, 15) is 14.0 Å². The van der Waals surface area contributed by atoms with Crippen molar-refractivity contribution in [2.45, 2.75) is 25.3 Å². The molecule has 0 heterocycles. The van der Waals surface area contributed by atoms with Crippen LogP contribution in [-0.2, 0) is 4.79 Å². The van der Waals surface area contributed by atoms with Gasteiger partial charge in [0.15, 0.2) is 0 Å². The van der Waals surface area contributed by atoms with Crippen LogP contribution in [-0.4, -0.2) is 23.1 Å². The number of aliphatic carboxylic acids is 1. The van der Waals surface area contributed by atoms with Gasteiger partial charge in [0.25, 0.3) is 0 Å². The van der Waals surface area contributed by atoms with Crippen molar-refractivity contribution in [1.82, 2.24) is 5.32 Å². The summed E-state index contributed by atoms with van der Waals surface area (Å²) in [4.78, 5) is 22.7. The minimum atomic E-state index is -0.817. The normalized spacial score (nSPS) is 21.5. The van der Waals surface area contributed by atoms with Crippen LogP contribution in [0.5, 0.6) is 0 Å². The van der Waals surface area contributed by atoms with E-state index in [0.717, 1.165) is 0 Å². The number of anilines is 1. The van der Waals surface area contributed by atoms with Gasteiger partial charge in [-0.1, -0.05) is 0 Å². The van der Waals surface area contributed by atoms with Crippen molar-refractivity contribution < 1.29 is 19.1 Å². The fourth-order valence-electron chi connectivity index (χ4n) is 2.27. The zero-order valence-corrected chi connectivity index (χ0v) is 12.7. The lowest BCUT2D eigenvalue weighted by Gasteiger charge is -2.14. The molecule has 2 rings (SSSR count). The van der Waals surface area contributed by atoms with Gasteiger partial charge in [0, 0.05) is 9.61 Å². The first kappa shape index (κ1) is 15.0. The molecule has 108 valence electrons. The molecule has 0 bridgehead atoms. The number of carbonyl (C=O) groups is 2. The number of nitrogens with one attached hydrogen (secondary N) is 2. The van der Waals surface area contributed by atoms with Gasteiger partial charge in [-0.25, -0.2) is 9.18 Å². The maximum atomic E-state index is 12.9. The number of carboxylic acid groups (broad SMARTS) is 1. The van der Waals surface area contributed by atoms with Crippen molar-refractivity contribution >= 4 is 40.3 Å². The summed E-state index contributed by atoms with van der Waals surface area (Å²) in [6.07, 6.45) is 1.68. The predicted molar refractivity (Wildman–Crippen MR) is 80.0 cm³/mol. The Morgan fingerprint density at radius 3 is 2.70 bits per heavy atom. The van der Waals surface area contributed by atoms with E-state index in [2.05, 4.69) is 10.6 Å². The average molecular weight is 392 g/mol. The lowest BCUT2D eigenvalue weighted by molar-refractivity contribution is -0.141. The molecule has 2 atom stereocenters. The first-order chi connectivity index (χ1) is 9.45. The first-order valence-corrected chi connectivity index (χ1v) is 7.29. The molecule has 20 heavy (non-hydrogen) atoms. The van der Waals surface area contributed by atoms with Crippen LogP contribution < -0.4 is 10.6 Å². The van der Waals surface area contributed by atoms with Crippen molar-refractivity contribution in [3.05, 3.63) is 27.6 Å². The molecule has 1 aliphatic carbocycles. The molecular formula is C13H14FIN2O3. The number of amides is 2. The topological polar surface area (TPSA) is 78.4 Å². The molecule has 0 radical (unpaired) electrons. The number of hydrogen-bond acceptors (Lipinski definition) is 2. The molecule has 7 heteroatoms. The van der Waals surface area contributed by atoms with Crippen molar-refractivity contribution in [2.75, 3.05) is 5.32 Å². The van der Waals surface area contributed by atoms with E-state index >= 15 is 0 Å². The summed E-state index contributed by atoms with van der Waals surface area (Å²) in [5.41, 5.74) is 0.525. The minimum Gasteiger partial charge on any atom is -0.481 e. The molecule has 0 aliphatic heterocycles. The van der Waals surface area contributed by atoms with Gasteiger partial charge >= 0.3 is 12.0 Å². The molecule has 0 saturated heterocycles. The van der Waals surface area contributed by atoms with Gasteiger partial charge in [0.05, 0.1) is 11.6 Å². The molecule has 1 saturated carbocycles. The van der Waals surface area contributed by atoms with Gasteiger partial charge in [-0.05, 0) is 60.1 Å². The van der Waals surface area contributed by atoms with E-state index in [1.54, 1.807) is 0 Å². The number of hydrogen-bond donors (Lipinski definition) is 3. The van der Waals surface area contributed by atoms with E-state index in [-0.39, 0.29) is 17.8 Å². The number of benzene rings is 1. The lowest BCUT2D eigenvalue weighted by Crippen LogP contribution is -2.36. The highest BCUT2D eigenvalue weighted by molar-refractivity contribution is 14.1. The van der Waals surface area contributed by atoms with Crippen molar-refractivity contribution in [2.24, 2.45) is 5.92 Å². The summed E-state index contributed by atoms with van der Waals surface area (Å²) >= 11 is 1.94. The zero-order chi connectivity index (χ0) is 14.7. The Bertz CT molecular complexity index is 538. The van der Waals surface area contributed by atoms with E-state index < -0.39 is 12.0 Å². The predicted octanol–water partition coefficient (Wildman–Crippen LogP) is 2.81. The Labute approximate surface area is 129 Å². The van der Waals surface area contributed by atoms with Gasteiger partial charge in [-0.3, -0.25) is 4.79 Å². The van der Waals surface area contributed by atoms with E-state index in [4.69, 9.17) is 5.11 Å². The van der Waals surface area contributed by atoms with Crippen molar-refractivity contribution in [3.8, 4) is 0 Å². The zero-order valence-electron chi connectivity index (χ0n) is 10.5. The van der Waals surface area contributed by atoms with Gasteiger partial charge in [0.1, 0.15) is 5.82 Å². The second-order valence-electron chi connectivity index (χ2n) is 4.77. The summed E-state index contributed by atoms with van der Waals surface area (Å²) in [5.74, 6) is -1.56. The number of rotatable bonds is 3. The Kier molecular flexibility index (Phi) is 4.79. The summed E-state index contributed by atoms with van der Waals surface area (Å²) in [6, 6.07) is 3.56. The van der Waals surface area contributed by atoms with Crippen molar-refractivity contribution in [3.63, 3.8) is 0 Å². The molecule has 1 aromatic carbocycles. The van der Waals surface area contributed by atoms with Crippen LogP contribution in [0.2, 0.25) is 0 Å². The lowest BCUT2D eigenvalue weighted by atomic mass is 10.1. The fourth-order valence-corrected chi connectivity index (χ4v) is 2.88. The van der Waals surface area contributed by atoms with Crippen LogP contribution in [0.4, 0.5) is 14.9 Å². The molecule has 5 nitrogen and oxygen atoms in total. The van der Waals surface area contributed by atoms with Crippen LogP contribution in [0.3, 0.4) is 0 Å². The number of halogens is 2. The standard InChI is InChI=1S/C13H14FIN2O3/c14-8-2-4-11(10(15)6-8)17-13(20)16-9-3-1-7(5-9)12(18)19/h2,4,6-7,9H,1,3,5H2,(H,18,19)(H2,16,17,20). The summed E-state index contributed by atoms with van der Waals surface area (Å²) in [6.45, 7) is 0. The SMILES string of the molecule is O=C(Nc1ccc(F)cc1I)NC1CCC(C(=O)O)C1. The molecule has 1 aliphatic rings. The largest absolute Gasteiger partial charge is 0.481 e. The fraction of sp³-hybridized carbons (Fsp3) is 0.385. The molecule has 3 N–H and O–H groups in total. The maximum absolute atomic E-state index is 12.9. The van der Waals surface area contributed by atoms with Gasteiger partial charge in [0.2, 0.25) is 0 Å². The number of carboxylic acids is 1. The molecule has 2 amide bonds. The van der Waals surface area contributed by atoms with Gasteiger partial charge in [-0.15, -0.1) is 0 Å². The molecule has 1 fully saturated rings. The monoisotopic (exact) mass is 392 g/mol.